The van der Waals surface area contributed by atoms with E-state index < -0.39 is 17.9 Å². The van der Waals surface area contributed by atoms with E-state index in [9.17, 15) is 14.4 Å². The molecule has 102 valence electrons. The number of carbonyl (C=O) groups is 3. The third-order valence-corrected chi connectivity index (χ3v) is 2.82. The molecule has 1 heterocycles. The highest BCUT2D eigenvalue weighted by Gasteiger charge is 2.32. The van der Waals surface area contributed by atoms with Crippen LogP contribution in [0.5, 0.6) is 0 Å². The van der Waals surface area contributed by atoms with Crippen molar-refractivity contribution in [2.75, 3.05) is 13.6 Å². The molecule has 0 bridgehead atoms. The highest BCUT2D eigenvalue weighted by molar-refractivity contribution is 6.01. The predicted octanol–water partition coefficient (Wildman–Crippen LogP) is 0.0206. The minimum atomic E-state index is -0.792. The van der Waals surface area contributed by atoms with E-state index in [0.29, 0.717) is 17.5 Å². The monoisotopic (exact) mass is 257 g/mol. The molecule has 1 atom stereocenters. The second-order valence-electron chi connectivity index (χ2n) is 4.48. The summed E-state index contributed by atoms with van der Waals surface area (Å²) < 4.78 is 0. The van der Waals surface area contributed by atoms with E-state index in [0.717, 1.165) is 0 Å². The lowest BCUT2D eigenvalue weighted by molar-refractivity contribution is -0.171. The van der Waals surface area contributed by atoms with Crippen molar-refractivity contribution in [1.29, 1.82) is 0 Å². The molecule has 1 unspecified atom stereocenters. The topological polar surface area (TPSA) is 87.7 Å². The van der Waals surface area contributed by atoms with Gasteiger partial charge < -0.3 is 15.5 Å². The Kier molecular flexibility index (Phi) is 5.08. The van der Waals surface area contributed by atoms with Crippen LogP contribution < -0.4 is 10.6 Å². The van der Waals surface area contributed by atoms with Crippen molar-refractivity contribution in [2.45, 2.75) is 32.7 Å². The van der Waals surface area contributed by atoms with Crippen molar-refractivity contribution in [2.24, 2.45) is 5.92 Å². The zero-order valence-corrected chi connectivity index (χ0v) is 10.9. The summed E-state index contributed by atoms with van der Waals surface area (Å²) in [6.07, 6.45) is -0.603. The highest BCUT2D eigenvalue weighted by Crippen LogP contribution is 2.11. The second-order valence-corrected chi connectivity index (χ2v) is 4.48. The molecule has 18 heavy (non-hydrogen) atoms. The Hall–Kier alpha value is -1.63. The normalized spacial score (nSPS) is 17.2. The van der Waals surface area contributed by atoms with E-state index in [1.807, 2.05) is 13.8 Å². The zero-order valence-electron chi connectivity index (χ0n) is 10.9. The van der Waals surface area contributed by atoms with E-state index in [-0.39, 0.29) is 18.9 Å². The standard InChI is InChI=1S/C11H19N3O4/c1-7(2)8(12-3)6-13-11(17)18-14-9(15)4-5-10(14)16/h7-8,12H,4-6H2,1-3H3,(H,13,17). The fourth-order valence-corrected chi connectivity index (χ4v) is 1.64. The molecule has 0 saturated carbocycles. The van der Waals surface area contributed by atoms with Gasteiger partial charge in [0, 0.05) is 25.4 Å². The molecule has 0 spiro atoms. The molecule has 1 aliphatic rings. The fourth-order valence-electron chi connectivity index (χ4n) is 1.64. The molecule has 1 saturated heterocycles. The summed E-state index contributed by atoms with van der Waals surface area (Å²) in [5.74, 6) is -0.626. The molecule has 0 aromatic rings. The van der Waals surface area contributed by atoms with Gasteiger partial charge in [-0.25, -0.2) is 4.79 Å². The van der Waals surface area contributed by atoms with Crippen LogP contribution in [0.4, 0.5) is 4.79 Å². The quantitative estimate of drug-likeness (QED) is 0.678. The smallest absolute Gasteiger partial charge is 0.318 e. The van der Waals surface area contributed by atoms with Gasteiger partial charge in [0.1, 0.15) is 0 Å². The molecular formula is C11H19N3O4. The molecule has 0 radical (unpaired) electrons. The predicted molar refractivity (Wildman–Crippen MR) is 63.3 cm³/mol. The maximum atomic E-state index is 11.4. The highest BCUT2D eigenvalue weighted by atomic mass is 16.7. The summed E-state index contributed by atoms with van der Waals surface area (Å²) in [5.41, 5.74) is 0. The van der Waals surface area contributed by atoms with Crippen LogP contribution in [0.2, 0.25) is 0 Å². The maximum absolute atomic E-state index is 11.4. The Morgan fingerprint density at radius 3 is 2.33 bits per heavy atom. The van der Waals surface area contributed by atoms with Crippen LogP contribution in [0, 0.1) is 5.92 Å². The van der Waals surface area contributed by atoms with E-state index in [1.165, 1.54) is 0 Å². The van der Waals surface area contributed by atoms with Crippen LogP contribution in [0.25, 0.3) is 0 Å². The molecular weight excluding hydrogens is 238 g/mol. The van der Waals surface area contributed by atoms with Crippen LogP contribution in [-0.4, -0.2) is 42.6 Å². The zero-order chi connectivity index (χ0) is 13.7. The van der Waals surface area contributed by atoms with E-state index in [4.69, 9.17) is 0 Å². The van der Waals surface area contributed by atoms with Crippen LogP contribution in [0.1, 0.15) is 26.7 Å². The number of carbonyl (C=O) groups excluding carboxylic acids is 3. The lowest BCUT2D eigenvalue weighted by atomic mass is 10.1. The van der Waals surface area contributed by atoms with Crippen molar-refractivity contribution in [3.63, 3.8) is 0 Å². The molecule has 3 amide bonds. The SMILES string of the molecule is CNC(CNC(=O)ON1C(=O)CCC1=O)C(C)C. The van der Waals surface area contributed by atoms with Crippen LogP contribution >= 0.6 is 0 Å². The van der Waals surface area contributed by atoms with Gasteiger partial charge in [-0.2, -0.15) is 0 Å². The van der Waals surface area contributed by atoms with Crippen molar-refractivity contribution in [1.82, 2.24) is 15.7 Å². The molecule has 1 aliphatic heterocycles. The van der Waals surface area contributed by atoms with Gasteiger partial charge in [-0.05, 0) is 13.0 Å². The number of rotatable bonds is 5. The number of hydrogen-bond acceptors (Lipinski definition) is 5. The number of hydrogen-bond donors (Lipinski definition) is 2. The molecule has 2 N–H and O–H groups in total. The van der Waals surface area contributed by atoms with Crippen LogP contribution in [0.3, 0.4) is 0 Å². The van der Waals surface area contributed by atoms with Gasteiger partial charge in [0.15, 0.2) is 0 Å². The minimum Gasteiger partial charge on any atom is -0.318 e. The lowest BCUT2D eigenvalue weighted by Gasteiger charge is -2.21. The van der Waals surface area contributed by atoms with Crippen molar-refractivity contribution in [3.8, 4) is 0 Å². The number of hydroxylamine groups is 2. The third-order valence-electron chi connectivity index (χ3n) is 2.82. The summed E-state index contributed by atoms with van der Waals surface area (Å²) >= 11 is 0. The number of nitrogens with one attached hydrogen (secondary N) is 2. The number of amides is 3. The van der Waals surface area contributed by atoms with Gasteiger partial charge in [-0.3, -0.25) is 9.59 Å². The minimum absolute atomic E-state index is 0.0945. The average Bonchev–Trinajstić information content (AvgIpc) is 2.61. The Morgan fingerprint density at radius 2 is 1.89 bits per heavy atom. The van der Waals surface area contributed by atoms with Gasteiger partial charge in [0.25, 0.3) is 11.8 Å². The van der Waals surface area contributed by atoms with Crippen molar-refractivity contribution >= 4 is 17.9 Å². The molecule has 7 heteroatoms. The molecule has 7 nitrogen and oxygen atoms in total. The summed E-state index contributed by atoms with van der Waals surface area (Å²) in [4.78, 5) is 38.5. The number of imide groups is 1. The Bertz CT molecular complexity index is 327. The van der Waals surface area contributed by atoms with E-state index in [2.05, 4.69) is 15.5 Å². The summed E-state index contributed by atoms with van der Waals surface area (Å²) in [6, 6.07) is 0.0996. The van der Waals surface area contributed by atoms with Gasteiger partial charge >= 0.3 is 6.09 Å². The molecule has 0 aromatic heterocycles. The maximum Gasteiger partial charge on any atom is 0.432 e. The van der Waals surface area contributed by atoms with Crippen molar-refractivity contribution < 1.29 is 19.2 Å². The van der Waals surface area contributed by atoms with E-state index in [1.54, 1.807) is 7.05 Å². The molecule has 1 fully saturated rings. The first kappa shape index (κ1) is 14.4. The lowest BCUT2D eigenvalue weighted by Crippen LogP contribution is -2.44. The van der Waals surface area contributed by atoms with Crippen molar-refractivity contribution in [3.05, 3.63) is 0 Å². The number of likely N-dealkylation sites (N-methyl/N-ethyl adjacent to an activating group) is 1. The van der Waals surface area contributed by atoms with Gasteiger partial charge in [0.2, 0.25) is 0 Å². The molecule has 0 aromatic carbocycles. The second kappa shape index (κ2) is 6.34. The average molecular weight is 257 g/mol. The fraction of sp³-hybridized carbons (Fsp3) is 0.727. The molecule has 0 aliphatic carbocycles. The van der Waals surface area contributed by atoms with E-state index >= 15 is 0 Å². The largest absolute Gasteiger partial charge is 0.432 e. The van der Waals surface area contributed by atoms with Crippen LogP contribution in [-0.2, 0) is 14.4 Å². The first-order valence-electron chi connectivity index (χ1n) is 5.94. The Morgan fingerprint density at radius 1 is 1.33 bits per heavy atom. The molecule has 1 rings (SSSR count). The Balaban J connectivity index is 2.38. The summed E-state index contributed by atoms with van der Waals surface area (Å²) in [5, 5.41) is 6.09. The first-order chi connectivity index (χ1) is 8.45. The summed E-state index contributed by atoms with van der Waals surface area (Å²) in [7, 11) is 1.80. The van der Waals surface area contributed by atoms with Gasteiger partial charge in [-0.15, -0.1) is 5.06 Å². The Labute approximate surface area is 106 Å². The van der Waals surface area contributed by atoms with Gasteiger partial charge in [0.05, 0.1) is 0 Å². The third kappa shape index (κ3) is 3.69. The van der Waals surface area contributed by atoms with Crippen LogP contribution in [0.15, 0.2) is 0 Å². The first-order valence-corrected chi connectivity index (χ1v) is 5.94. The number of nitrogens with zero attached hydrogens (tertiary/aromatic N) is 1. The summed E-state index contributed by atoms with van der Waals surface area (Å²) in [6.45, 7) is 4.40. The van der Waals surface area contributed by atoms with Gasteiger partial charge in [-0.1, -0.05) is 13.8 Å².